The molecule has 4 heteroatoms. The van der Waals surface area contributed by atoms with Gasteiger partial charge in [-0.05, 0) is 60.4 Å². The van der Waals surface area contributed by atoms with Crippen LogP contribution in [0.1, 0.15) is 47.9 Å². The summed E-state index contributed by atoms with van der Waals surface area (Å²) in [4.78, 5) is 8.95. The fourth-order valence-corrected chi connectivity index (χ4v) is 4.35. The molecule has 130 valence electrons. The van der Waals surface area contributed by atoms with Crippen LogP contribution in [0, 0.1) is 0 Å². The summed E-state index contributed by atoms with van der Waals surface area (Å²) in [6.07, 6.45) is 6.67. The molecule has 2 aliphatic carbocycles. The largest absolute Gasteiger partial charge is 0.439 e. The molecule has 0 saturated carbocycles. The third kappa shape index (κ3) is 2.81. The zero-order valence-corrected chi connectivity index (χ0v) is 14.6. The lowest BCUT2D eigenvalue weighted by Gasteiger charge is -2.20. The fraction of sp³-hybridized carbons (Fsp3) is 0.273. The molecule has 0 spiro atoms. The van der Waals surface area contributed by atoms with Gasteiger partial charge in [-0.3, -0.25) is 0 Å². The molecule has 0 aliphatic heterocycles. The minimum Gasteiger partial charge on any atom is -0.439 e. The molecule has 26 heavy (non-hydrogen) atoms. The Hall–Kier alpha value is -2.88. The number of para-hydroxylation sites is 1. The summed E-state index contributed by atoms with van der Waals surface area (Å²) in [7, 11) is 0. The highest BCUT2D eigenvalue weighted by Crippen LogP contribution is 2.48. The van der Waals surface area contributed by atoms with Crippen LogP contribution in [0.2, 0.25) is 0 Å². The van der Waals surface area contributed by atoms with Crippen molar-refractivity contribution in [3.05, 3.63) is 77.5 Å². The highest BCUT2D eigenvalue weighted by atomic mass is 16.5. The van der Waals surface area contributed by atoms with E-state index < -0.39 is 0 Å². The number of aromatic nitrogens is 2. The van der Waals surface area contributed by atoms with E-state index in [1.54, 1.807) is 17.8 Å². The highest BCUT2D eigenvalue weighted by Gasteiger charge is 2.34. The third-order valence-electron chi connectivity index (χ3n) is 5.43. The van der Waals surface area contributed by atoms with Crippen molar-refractivity contribution in [2.75, 3.05) is 5.32 Å². The van der Waals surface area contributed by atoms with Gasteiger partial charge in [-0.15, -0.1) is 0 Å². The van der Waals surface area contributed by atoms with E-state index in [9.17, 15) is 0 Å². The molecular formula is C22H21N3O. The van der Waals surface area contributed by atoms with Crippen molar-refractivity contribution in [2.45, 2.75) is 37.6 Å². The van der Waals surface area contributed by atoms with Gasteiger partial charge in [0.05, 0.1) is 6.04 Å². The standard InChI is InChI=1S/C22H21N3O/c1-2-9-17(10-3-1)26-20-12-13-23-22(25-20)24-19-14-16-8-4-6-15-7-5-11-18(19)21(15)16/h1-3,5,7,9-13,16,19H,4,6,8,14H2,(H,23,24,25). The summed E-state index contributed by atoms with van der Waals surface area (Å²) >= 11 is 0. The smallest absolute Gasteiger partial charge is 0.226 e. The summed E-state index contributed by atoms with van der Waals surface area (Å²) in [5, 5.41) is 3.54. The van der Waals surface area contributed by atoms with Crippen LogP contribution in [0.25, 0.3) is 0 Å². The van der Waals surface area contributed by atoms with Crippen LogP contribution in [-0.2, 0) is 6.42 Å². The SMILES string of the molecule is c1ccc(Oc2ccnc(NC3CC4CCCc5cccc3c54)n2)cc1. The summed E-state index contributed by atoms with van der Waals surface area (Å²) in [6, 6.07) is 18.5. The first-order valence-corrected chi connectivity index (χ1v) is 9.31. The first-order chi connectivity index (χ1) is 12.9. The van der Waals surface area contributed by atoms with E-state index in [1.165, 1.54) is 30.4 Å². The molecule has 2 aliphatic rings. The second-order valence-corrected chi connectivity index (χ2v) is 7.08. The molecule has 0 amide bonds. The second-order valence-electron chi connectivity index (χ2n) is 7.08. The van der Waals surface area contributed by atoms with Crippen molar-refractivity contribution < 1.29 is 4.74 Å². The summed E-state index contributed by atoms with van der Waals surface area (Å²) < 4.78 is 5.83. The Bertz CT molecular complexity index is 926. The zero-order chi connectivity index (χ0) is 17.3. The number of benzene rings is 2. The first kappa shape index (κ1) is 15.4. The Labute approximate surface area is 153 Å². The highest BCUT2D eigenvalue weighted by molar-refractivity contribution is 5.48. The van der Waals surface area contributed by atoms with Crippen LogP contribution in [-0.4, -0.2) is 9.97 Å². The Morgan fingerprint density at radius 2 is 1.92 bits per heavy atom. The third-order valence-corrected chi connectivity index (χ3v) is 5.43. The molecule has 0 radical (unpaired) electrons. The number of nitrogens with one attached hydrogen (secondary N) is 1. The normalized spacial score (nSPS) is 20.5. The van der Waals surface area contributed by atoms with Gasteiger partial charge in [-0.1, -0.05) is 36.4 Å². The number of ether oxygens (including phenoxy) is 1. The maximum atomic E-state index is 5.83. The molecule has 2 unspecified atom stereocenters. The Balaban J connectivity index is 1.38. The topological polar surface area (TPSA) is 47.0 Å². The van der Waals surface area contributed by atoms with E-state index in [4.69, 9.17) is 4.74 Å². The van der Waals surface area contributed by atoms with Crippen molar-refractivity contribution >= 4 is 5.95 Å². The van der Waals surface area contributed by atoms with Gasteiger partial charge in [-0.2, -0.15) is 4.98 Å². The minimum absolute atomic E-state index is 0.278. The monoisotopic (exact) mass is 343 g/mol. The van der Waals surface area contributed by atoms with Gasteiger partial charge in [0.25, 0.3) is 0 Å². The molecule has 2 atom stereocenters. The van der Waals surface area contributed by atoms with E-state index in [0.717, 1.165) is 12.2 Å². The van der Waals surface area contributed by atoms with Gasteiger partial charge < -0.3 is 10.1 Å². The van der Waals surface area contributed by atoms with Crippen molar-refractivity contribution in [2.24, 2.45) is 0 Å². The fourth-order valence-electron chi connectivity index (χ4n) is 4.35. The molecule has 1 N–H and O–H groups in total. The van der Waals surface area contributed by atoms with E-state index in [2.05, 4.69) is 33.5 Å². The summed E-state index contributed by atoms with van der Waals surface area (Å²) in [5.41, 5.74) is 4.53. The Kier molecular flexibility index (Phi) is 3.81. The molecule has 0 fully saturated rings. The average molecular weight is 343 g/mol. The van der Waals surface area contributed by atoms with Gasteiger partial charge in [0.15, 0.2) is 0 Å². The van der Waals surface area contributed by atoms with Crippen LogP contribution in [0.5, 0.6) is 11.6 Å². The summed E-state index contributed by atoms with van der Waals surface area (Å²) in [5.74, 6) is 2.64. The van der Waals surface area contributed by atoms with Crippen molar-refractivity contribution in [1.82, 2.24) is 9.97 Å². The number of hydrogen-bond acceptors (Lipinski definition) is 4. The number of hydrogen-bond donors (Lipinski definition) is 1. The van der Waals surface area contributed by atoms with Gasteiger partial charge in [-0.25, -0.2) is 4.98 Å². The van der Waals surface area contributed by atoms with E-state index in [1.807, 2.05) is 30.3 Å². The van der Waals surface area contributed by atoms with Gasteiger partial charge >= 0.3 is 0 Å². The zero-order valence-electron chi connectivity index (χ0n) is 14.6. The maximum Gasteiger partial charge on any atom is 0.226 e. The van der Waals surface area contributed by atoms with Crippen LogP contribution in [0.4, 0.5) is 5.95 Å². The van der Waals surface area contributed by atoms with Crippen molar-refractivity contribution in [3.63, 3.8) is 0 Å². The number of anilines is 1. The lowest BCUT2D eigenvalue weighted by Crippen LogP contribution is -2.10. The minimum atomic E-state index is 0.278. The van der Waals surface area contributed by atoms with Crippen molar-refractivity contribution in [1.29, 1.82) is 0 Å². The van der Waals surface area contributed by atoms with E-state index in [-0.39, 0.29) is 6.04 Å². The predicted octanol–water partition coefficient (Wildman–Crippen LogP) is 5.25. The van der Waals surface area contributed by atoms with Crippen LogP contribution >= 0.6 is 0 Å². The quantitative estimate of drug-likeness (QED) is 0.703. The van der Waals surface area contributed by atoms with Crippen LogP contribution < -0.4 is 10.1 Å². The molecular weight excluding hydrogens is 322 g/mol. The Morgan fingerprint density at radius 3 is 2.85 bits per heavy atom. The molecule has 0 bridgehead atoms. The molecule has 5 rings (SSSR count). The summed E-state index contributed by atoms with van der Waals surface area (Å²) in [6.45, 7) is 0. The molecule has 1 heterocycles. The van der Waals surface area contributed by atoms with E-state index in [0.29, 0.717) is 17.7 Å². The van der Waals surface area contributed by atoms with Crippen molar-refractivity contribution in [3.8, 4) is 11.6 Å². The molecule has 1 aromatic heterocycles. The number of nitrogens with zero attached hydrogens (tertiary/aromatic N) is 2. The molecule has 3 aromatic rings. The number of rotatable bonds is 4. The molecule has 4 nitrogen and oxygen atoms in total. The van der Waals surface area contributed by atoms with Gasteiger partial charge in [0, 0.05) is 12.3 Å². The lowest BCUT2D eigenvalue weighted by molar-refractivity contribution is 0.461. The van der Waals surface area contributed by atoms with Gasteiger partial charge in [0.2, 0.25) is 11.8 Å². The second kappa shape index (κ2) is 6.45. The lowest BCUT2D eigenvalue weighted by atomic mass is 9.84. The first-order valence-electron chi connectivity index (χ1n) is 9.31. The molecule has 0 saturated heterocycles. The maximum absolute atomic E-state index is 5.83. The number of aryl methyl sites for hydroxylation is 1. The average Bonchev–Trinajstić information content (AvgIpc) is 3.03. The molecule has 2 aromatic carbocycles. The Morgan fingerprint density at radius 1 is 1.00 bits per heavy atom. The van der Waals surface area contributed by atoms with Crippen LogP contribution in [0.15, 0.2) is 60.8 Å². The van der Waals surface area contributed by atoms with Crippen LogP contribution in [0.3, 0.4) is 0 Å². The van der Waals surface area contributed by atoms with E-state index >= 15 is 0 Å². The van der Waals surface area contributed by atoms with Gasteiger partial charge in [0.1, 0.15) is 5.75 Å². The predicted molar refractivity (Wildman–Crippen MR) is 102 cm³/mol.